The molecule has 0 saturated carbocycles. The first-order valence-electron chi connectivity index (χ1n) is 6.20. The summed E-state index contributed by atoms with van der Waals surface area (Å²) >= 11 is 0. The van der Waals surface area contributed by atoms with Crippen LogP contribution < -0.4 is 0 Å². The van der Waals surface area contributed by atoms with Gasteiger partial charge in [-0.05, 0) is 18.6 Å². The zero-order chi connectivity index (χ0) is 13.4. The van der Waals surface area contributed by atoms with E-state index in [-0.39, 0.29) is 18.2 Å². The van der Waals surface area contributed by atoms with E-state index in [1.807, 2.05) is 22.8 Å². The number of aliphatic carboxylic acids is 1. The Balaban J connectivity index is 0.00000147. The number of benzene rings is 1. The molecule has 104 valence electrons. The number of carboxylic acids is 1. The van der Waals surface area contributed by atoms with Crippen molar-refractivity contribution in [3.63, 3.8) is 0 Å². The summed E-state index contributed by atoms with van der Waals surface area (Å²) in [5, 5.41) is 9.13. The van der Waals surface area contributed by atoms with Crippen LogP contribution in [-0.4, -0.2) is 21.4 Å². The Morgan fingerprint density at radius 3 is 2.45 bits per heavy atom. The normalized spacial score (nSPS) is 16.3. The molecule has 0 bridgehead atoms. The third-order valence-corrected chi connectivity index (χ3v) is 3.58. The van der Waals surface area contributed by atoms with Gasteiger partial charge in [-0.1, -0.05) is 30.3 Å². The molecule has 0 amide bonds. The van der Waals surface area contributed by atoms with Gasteiger partial charge in [0.2, 0.25) is 5.78 Å². The van der Waals surface area contributed by atoms with E-state index in [1.165, 1.54) is 0 Å². The van der Waals surface area contributed by atoms with Crippen LogP contribution in [0.15, 0.2) is 42.5 Å². The molecular weight excluding hydrogens is 278 g/mol. The molecule has 1 aromatic heterocycles. The summed E-state index contributed by atoms with van der Waals surface area (Å²) in [6.45, 7) is 0.590. The predicted octanol–water partition coefficient (Wildman–Crippen LogP) is 2.71. The molecule has 4 nitrogen and oxygen atoms in total. The summed E-state index contributed by atoms with van der Waals surface area (Å²) in [7, 11) is 0. The van der Waals surface area contributed by atoms with E-state index in [0.717, 1.165) is 5.69 Å². The first-order valence-corrected chi connectivity index (χ1v) is 6.20. The van der Waals surface area contributed by atoms with E-state index in [2.05, 4.69) is 0 Å². The second-order valence-electron chi connectivity index (χ2n) is 4.67. The topological polar surface area (TPSA) is 59.3 Å². The standard InChI is InChI=1S/C15H13NO3.ClH/c17-14(10-4-2-1-3-5-10)13-7-6-12-11(15(18)19)8-9-16(12)13;/h1-7,11H,8-9H2,(H,18,19);1H. The molecule has 20 heavy (non-hydrogen) atoms. The summed E-state index contributed by atoms with van der Waals surface area (Å²) in [6.07, 6.45) is 0.556. The van der Waals surface area contributed by atoms with Gasteiger partial charge < -0.3 is 9.67 Å². The quantitative estimate of drug-likeness (QED) is 0.885. The van der Waals surface area contributed by atoms with Crippen molar-refractivity contribution >= 4 is 24.2 Å². The van der Waals surface area contributed by atoms with Gasteiger partial charge in [0.25, 0.3) is 0 Å². The number of carboxylic acid groups (broad SMARTS) is 1. The fourth-order valence-corrected chi connectivity index (χ4v) is 2.63. The maximum absolute atomic E-state index is 12.4. The van der Waals surface area contributed by atoms with Gasteiger partial charge in [0.1, 0.15) is 0 Å². The first kappa shape index (κ1) is 14.3. The summed E-state index contributed by atoms with van der Waals surface area (Å²) in [5.41, 5.74) is 1.93. The number of nitrogens with zero attached hydrogens (tertiary/aromatic N) is 1. The van der Waals surface area contributed by atoms with Crippen molar-refractivity contribution in [3.8, 4) is 0 Å². The van der Waals surface area contributed by atoms with Crippen molar-refractivity contribution in [2.45, 2.75) is 18.9 Å². The van der Waals surface area contributed by atoms with Gasteiger partial charge in [-0.2, -0.15) is 0 Å². The molecule has 3 rings (SSSR count). The number of aromatic nitrogens is 1. The fraction of sp³-hybridized carbons (Fsp3) is 0.200. The largest absolute Gasteiger partial charge is 0.481 e. The molecule has 2 heterocycles. The highest BCUT2D eigenvalue weighted by molar-refractivity contribution is 6.08. The van der Waals surface area contributed by atoms with Crippen LogP contribution in [0, 0.1) is 0 Å². The number of hydrogen-bond acceptors (Lipinski definition) is 2. The van der Waals surface area contributed by atoms with Gasteiger partial charge >= 0.3 is 5.97 Å². The summed E-state index contributed by atoms with van der Waals surface area (Å²) in [4.78, 5) is 23.5. The molecule has 0 saturated heterocycles. The Morgan fingerprint density at radius 1 is 1.10 bits per heavy atom. The second kappa shape index (κ2) is 5.51. The molecule has 1 N–H and O–H groups in total. The molecule has 2 aromatic rings. The third-order valence-electron chi connectivity index (χ3n) is 3.58. The highest BCUT2D eigenvalue weighted by atomic mass is 35.5. The average Bonchev–Trinajstić information content (AvgIpc) is 2.99. The van der Waals surface area contributed by atoms with Gasteiger partial charge in [-0.15, -0.1) is 12.4 Å². The highest BCUT2D eigenvalue weighted by Crippen LogP contribution is 2.31. The summed E-state index contributed by atoms with van der Waals surface area (Å²) < 4.78 is 1.83. The number of halogens is 1. The van der Waals surface area contributed by atoms with E-state index in [1.54, 1.807) is 24.3 Å². The van der Waals surface area contributed by atoms with E-state index in [0.29, 0.717) is 24.2 Å². The second-order valence-corrected chi connectivity index (χ2v) is 4.67. The van der Waals surface area contributed by atoms with E-state index in [4.69, 9.17) is 5.11 Å². The lowest BCUT2D eigenvalue weighted by Crippen LogP contribution is -2.09. The molecule has 0 fully saturated rings. The molecule has 5 heteroatoms. The van der Waals surface area contributed by atoms with Gasteiger partial charge in [0.15, 0.2) is 0 Å². The fourth-order valence-electron chi connectivity index (χ4n) is 2.63. The van der Waals surface area contributed by atoms with Crippen LogP contribution in [0.25, 0.3) is 0 Å². The number of ketones is 1. The number of fused-ring (bicyclic) bond motifs is 1. The Kier molecular flexibility index (Phi) is 3.95. The maximum atomic E-state index is 12.4. The van der Waals surface area contributed by atoms with Gasteiger partial charge in [0.05, 0.1) is 11.6 Å². The van der Waals surface area contributed by atoms with Gasteiger partial charge in [-0.3, -0.25) is 9.59 Å². The molecule has 0 spiro atoms. The van der Waals surface area contributed by atoms with Crippen LogP contribution in [0.3, 0.4) is 0 Å². The highest BCUT2D eigenvalue weighted by Gasteiger charge is 2.31. The Morgan fingerprint density at radius 2 is 1.80 bits per heavy atom. The van der Waals surface area contributed by atoms with E-state index < -0.39 is 11.9 Å². The Hall–Kier alpha value is -2.07. The van der Waals surface area contributed by atoms with E-state index >= 15 is 0 Å². The van der Waals surface area contributed by atoms with Crippen molar-refractivity contribution < 1.29 is 14.7 Å². The number of carbonyl (C=O) groups excluding carboxylic acids is 1. The number of hydrogen-bond donors (Lipinski definition) is 1. The molecule has 0 radical (unpaired) electrons. The minimum Gasteiger partial charge on any atom is -0.481 e. The lowest BCUT2D eigenvalue weighted by molar-refractivity contribution is -0.138. The van der Waals surface area contributed by atoms with Crippen molar-refractivity contribution in [2.75, 3.05) is 0 Å². The summed E-state index contributed by atoms with van der Waals surface area (Å²) in [5.74, 6) is -1.37. The maximum Gasteiger partial charge on any atom is 0.312 e. The zero-order valence-corrected chi connectivity index (χ0v) is 11.5. The van der Waals surface area contributed by atoms with Crippen molar-refractivity contribution in [3.05, 3.63) is 59.4 Å². The van der Waals surface area contributed by atoms with Crippen LogP contribution in [0.5, 0.6) is 0 Å². The van der Waals surface area contributed by atoms with Gasteiger partial charge in [0, 0.05) is 17.8 Å². The molecule has 1 aliphatic heterocycles. The van der Waals surface area contributed by atoms with Crippen LogP contribution in [-0.2, 0) is 11.3 Å². The zero-order valence-electron chi connectivity index (χ0n) is 10.7. The minimum absolute atomic E-state index is 0. The number of carbonyl (C=O) groups is 2. The molecule has 1 atom stereocenters. The third kappa shape index (κ3) is 2.23. The van der Waals surface area contributed by atoms with Crippen molar-refractivity contribution in [1.29, 1.82) is 0 Å². The van der Waals surface area contributed by atoms with Crippen LogP contribution >= 0.6 is 12.4 Å². The van der Waals surface area contributed by atoms with Crippen LogP contribution in [0.1, 0.15) is 34.1 Å². The summed E-state index contributed by atoms with van der Waals surface area (Å²) in [6, 6.07) is 12.5. The molecule has 1 aliphatic rings. The number of rotatable bonds is 3. The van der Waals surface area contributed by atoms with Crippen molar-refractivity contribution in [2.24, 2.45) is 0 Å². The average molecular weight is 292 g/mol. The smallest absolute Gasteiger partial charge is 0.312 e. The lowest BCUT2D eigenvalue weighted by atomic mass is 10.1. The first-order chi connectivity index (χ1) is 9.18. The van der Waals surface area contributed by atoms with E-state index in [9.17, 15) is 9.59 Å². The predicted molar refractivity (Wildman–Crippen MR) is 76.5 cm³/mol. The Labute approximate surface area is 122 Å². The van der Waals surface area contributed by atoms with Crippen molar-refractivity contribution in [1.82, 2.24) is 4.57 Å². The molecule has 1 unspecified atom stereocenters. The SMILES string of the molecule is Cl.O=C(c1ccccc1)c1ccc2n1CCC2C(=O)O. The molecule has 1 aromatic carbocycles. The lowest BCUT2D eigenvalue weighted by Gasteiger charge is -2.05. The van der Waals surface area contributed by atoms with Gasteiger partial charge in [-0.25, -0.2) is 0 Å². The molecular formula is C15H14ClNO3. The monoisotopic (exact) mass is 291 g/mol. The Bertz CT molecular complexity index is 648. The van der Waals surface area contributed by atoms with Crippen LogP contribution in [0.2, 0.25) is 0 Å². The minimum atomic E-state index is -0.824. The molecule has 0 aliphatic carbocycles. The van der Waals surface area contributed by atoms with Crippen LogP contribution in [0.4, 0.5) is 0 Å².